The van der Waals surface area contributed by atoms with Crippen molar-refractivity contribution in [3.05, 3.63) is 0 Å². The lowest BCUT2D eigenvalue weighted by Gasteiger charge is -2.21. The van der Waals surface area contributed by atoms with E-state index in [4.69, 9.17) is 4.74 Å². The van der Waals surface area contributed by atoms with Gasteiger partial charge >= 0.3 is 12.3 Å². The Labute approximate surface area is 111 Å². The van der Waals surface area contributed by atoms with Gasteiger partial charge in [0.1, 0.15) is 11.1 Å². The number of carbonyl (C=O) groups is 1. The fourth-order valence-corrected chi connectivity index (χ4v) is 1.61. The van der Waals surface area contributed by atoms with Crippen LogP contribution in [0.5, 0.6) is 0 Å². The molecule has 0 saturated heterocycles. The molecular weight excluding hydrogens is 261 g/mol. The molecule has 0 radical (unpaired) electrons. The zero-order chi connectivity index (χ0) is 14.7. The summed E-state index contributed by atoms with van der Waals surface area (Å²) in [6.45, 7) is 5.74. The molecule has 0 spiro atoms. The van der Waals surface area contributed by atoms with E-state index in [9.17, 15) is 18.0 Å². The normalized spacial score (nSPS) is 18.0. The maximum atomic E-state index is 12.6. The van der Waals surface area contributed by atoms with E-state index in [2.05, 4.69) is 10.6 Å². The van der Waals surface area contributed by atoms with Crippen LogP contribution < -0.4 is 10.6 Å². The first-order chi connectivity index (χ1) is 8.56. The molecule has 0 aromatic carbocycles. The molecule has 0 heterocycles. The molecule has 1 amide bonds. The number of amides is 1. The highest BCUT2D eigenvalue weighted by molar-refractivity contribution is 5.67. The Morgan fingerprint density at radius 2 is 1.79 bits per heavy atom. The first-order valence-electron chi connectivity index (χ1n) is 6.34. The molecule has 1 fully saturated rings. The number of rotatable bonds is 5. The highest BCUT2D eigenvalue weighted by Crippen LogP contribution is 2.48. The molecule has 1 aliphatic rings. The number of carbonyl (C=O) groups excluding carboxylic acids is 1. The van der Waals surface area contributed by atoms with Crippen molar-refractivity contribution in [3.63, 3.8) is 0 Å². The van der Waals surface area contributed by atoms with Gasteiger partial charge in [0, 0.05) is 6.54 Å². The molecule has 0 bridgehead atoms. The number of ether oxygens (including phenoxy) is 1. The van der Waals surface area contributed by atoms with Crippen molar-refractivity contribution in [2.45, 2.75) is 57.3 Å². The molecule has 1 saturated carbocycles. The van der Waals surface area contributed by atoms with Gasteiger partial charge in [-0.05, 0) is 46.6 Å². The molecule has 7 heteroatoms. The Morgan fingerprint density at radius 3 is 2.21 bits per heavy atom. The molecule has 1 rings (SSSR count). The molecule has 19 heavy (non-hydrogen) atoms. The summed E-state index contributed by atoms with van der Waals surface area (Å²) < 4.78 is 42.7. The van der Waals surface area contributed by atoms with Crippen molar-refractivity contribution in [1.29, 1.82) is 0 Å². The number of hydrogen-bond acceptors (Lipinski definition) is 3. The van der Waals surface area contributed by atoms with E-state index in [1.807, 2.05) is 0 Å². The third-order valence-electron chi connectivity index (χ3n) is 2.78. The molecule has 0 atom stereocenters. The molecule has 112 valence electrons. The van der Waals surface area contributed by atoms with Crippen molar-refractivity contribution < 1.29 is 22.7 Å². The molecule has 0 unspecified atom stereocenters. The van der Waals surface area contributed by atoms with E-state index in [0.29, 0.717) is 6.42 Å². The van der Waals surface area contributed by atoms with Crippen LogP contribution in [0.15, 0.2) is 0 Å². The number of alkyl carbamates (subject to hydrolysis) is 1. The van der Waals surface area contributed by atoms with Gasteiger partial charge in [-0.25, -0.2) is 4.79 Å². The fourth-order valence-electron chi connectivity index (χ4n) is 1.61. The number of halogens is 3. The summed E-state index contributed by atoms with van der Waals surface area (Å²) in [5.74, 6) is 0. The zero-order valence-electron chi connectivity index (χ0n) is 11.5. The van der Waals surface area contributed by atoms with Gasteiger partial charge in [0.15, 0.2) is 0 Å². The predicted molar refractivity (Wildman–Crippen MR) is 64.9 cm³/mol. The van der Waals surface area contributed by atoms with Gasteiger partial charge in [-0.2, -0.15) is 13.2 Å². The molecule has 0 aliphatic heterocycles. The minimum atomic E-state index is -4.19. The highest BCUT2D eigenvalue weighted by atomic mass is 19.4. The smallest absolute Gasteiger partial charge is 0.407 e. The SMILES string of the molecule is CC(C)(C)OC(=O)NCCCNC1(C(F)(F)F)CC1. The van der Waals surface area contributed by atoms with Crippen molar-refractivity contribution in [2.24, 2.45) is 0 Å². The summed E-state index contributed by atoms with van der Waals surface area (Å²) in [4.78, 5) is 11.3. The maximum absolute atomic E-state index is 12.6. The van der Waals surface area contributed by atoms with E-state index < -0.39 is 23.4 Å². The van der Waals surface area contributed by atoms with Gasteiger partial charge < -0.3 is 15.4 Å². The molecular formula is C12H21F3N2O2. The second-order valence-electron chi connectivity index (χ2n) is 5.79. The average molecular weight is 282 g/mol. The first-order valence-corrected chi connectivity index (χ1v) is 6.34. The molecule has 1 aliphatic carbocycles. The van der Waals surface area contributed by atoms with Gasteiger partial charge in [0.25, 0.3) is 0 Å². The largest absolute Gasteiger partial charge is 0.444 e. The monoisotopic (exact) mass is 282 g/mol. The Bertz CT molecular complexity index is 320. The quantitative estimate of drug-likeness (QED) is 0.762. The lowest BCUT2D eigenvalue weighted by molar-refractivity contribution is -0.165. The highest BCUT2D eigenvalue weighted by Gasteiger charge is 2.62. The summed E-state index contributed by atoms with van der Waals surface area (Å²) in [5.41, 5.74) is -2.25. The first kappa shape index (κ1) is 16.1. The van der Waals surface area contributed by atoms with Crippen LogP contribution in [-0.4, -0.2) is 36.5 Å². The molecule has 0 aromatic rings. The van der Waals surface area contributed by atoms with Crippen LogP contribution in [0.1, 0.15) is 40.0 Å². The molecule has 4 nitrogen and oxygen atoms in total. The van der Waals surface area contributed by atoms with Crippen LogP contribution in [0.3, 0.4) is 0 Å². The second-order valence-corrected chi connectivity index (χ2v) is 5.79. The van der Waals surface area contributed by atoms with Crippen LogP contribution in [0.25, 0.3) is 0 Å². The van der Waals surface area contributed by atoms with E-state index in [0.717, 1.165) is 0 Å². The van der Waals surface area contributed by atoms with Gasteiger partial charge in [-0.3, -0.25) is 0 Å². The Hall–Kier alpha value is -0.980. The Morgan fingerprint density at radius 1 is 1.21 bits per heavy atom. The topological polar surface area (TPSA) is 50.4 Å². The van der Waals surface area contributed by atoms with Crippen LogP contribution in [0.2, 0.25) is 0 Å². The second kappa shape index (κ2) is 5.56. The van der Waals surface area contributed by atoms with Crippen molar-refractivity contribution in [1.82, 2.24) is 10.6 Å². The average Bonchev–Trinajstić information content (AvgIpc) is 2.94. The summed E-state index contributed by atoms with van der Waals surface area (Å²) in [6, 6.07) is 0. The predicted octanol–water partition coefficient (Wildman–Crippen LogP) is 2.59. The summed E-state index contributed by atoms with van der Waals surface area (Å²) in [6.07, 6.45) is -4.04. The lowest BCUT2D eigenvalue weighted by atomic mass is 10.2. The lowest BCUT2D eigenvalue weighted by Crippen LogP contribution is -2.45. The van der Waals surface area contributed by atoms with E-state index in [1.165, 1.54) is 0 Å². The summed E-state index contributed by atoms with van der Waals surface area (Å²) in [5, 5.41) is 5.02. The van der Waals surface area contributed by atoms with Crippen LogP contribution in [-0.2, 0) is 4.74 Å². The van der Waals surface area contributed by atoms with Crippen LogP contribution in [0, 0.1) is 0 Å². The Balaban J connectivity index is 2.11. The van der Waals surface area contributed by atoms with E-state index in [1.54, 1.807) is 20.8 Å². The third-order valence-corrected chi connectivity index (χ3v) is 2.78. The maximum Gasteiger partial charge on any atom is 0.407 e. The van der Waals surface area contributed by atoms with Gasteiger partial charge in [0.05, 0.1) is 0 Å². The number of nitrogens with one attached hydrogen (secondary N) is 2. The van der Waals surface area contributed by atoms with Crippen LogP contribution >= 0.6 is 0 Å². The minimum Gasteiger partial charge on any atom is -0.444 e. The van der Waals surface area contributed by atoms with Crippen molar-refractivity contribution in [3.8, 4) is 0 Å². The molecule has 0 aromatic heterocycles. The number of alkyl halides is 3. The van der Waals surface area contributed by atoms with Gasteiger partial charge in [0.2, 0.25) is 0 Å². The summed E-state index contributed by atoms with van der Waals surface area (Å²) in [7, 11) is 0. The fraction of sp³-hybridized carbons (Fsp3) is 0.917. The zero-order valence-corrected chi connectivity index (χ0v) is 11.5. The third kappa shape index (κ3) is 5.26. The summed E-state index contributed by atoms with van der Waals surface area (Å²) >= 11 is 0. The van der Waals surface area contributed by atoms with Crippen molar-refractivity contribution in [2.75, 3.05) is 13.1 Å². The van der Waals surface area contributed by atoms with Crippen molar-refractivity contribution >= 4 is 6.09 Å². The Kier molecular flexibility index (Phi) is 4.71. The van der Waals surface area contributed by atoms with Gasteiger partial charge in [-0.1, -0.05) is 0 Å². The van der Waals surface area contributed by atoms with Gasteiger partial charge in [-0.15, -0.1) is 0 Å². The molecule has 2 N–H and O–H groups in total. The van der Waals surface area contributed by atoms with E-state index in [-0.39, 0.29) is 25.9 Å². The van der Waals surface area contributed by atoms with E-state index >= 15 is 0 Å². The minimum absolute atomic E-state index is 0.135. The standard InChI is InChI=1S/C12H21F3N2O2/c1-10(2,3)19-9(18)16-7-4-8-17-11(5-6-11)12(13,14)15/h17H,4-8H2,1-3H3,(H,16,18). The van der Waals surface area contributed by atoms with Crippen LogP contribution in [0.4, 0.5) is 18.0 Å². The number of hydrogen-bond donors (Lipinski definition) is 2.